The molecule has 1 fully saturated rings. The van der Waals surface area contributed by atoms with E-state index in [4.69, 9.17) is 76.7 Å². The van der Waals surface area contributed by atoms with Gasteiger partial charge in [-0.2, -0.15) is 0 Å². The van der Waals surface area contributed by atoms with Gasteiger partial charge in [-0.3, -0.25) is 55.1 Å². The van der Waals surface area contributed by atoms with Crippen molar-refractivity contribution in [1.82, 2.24) is 0 Å². The Hall–Kier alpha value is -3.29. The molecule has 0 aromatic carbocycles. The second-order valence-corrected chi connectivity index (χ2v) is 26.5. The Balaban J connectivity index is 0.00000121. The van der Waals surface area contributed by atoms with Crippen LogP contribution in [0.1, 0.15) is 73.1 Å². The molecule has 10 atom stereocenters. The van der Waals surface area contributed by atoms with Gasteiger partial charge in [0, 0.05) is 61.9 Å². The first-order valence-electron chi connectivity index (χ1n) is 22.7. The SMILES string of the molecule is COP.COPOP(=O)(CC(CCC(=O)O)C(=O)OCc1oc(=O)oc1C)OPOC.COPOP(=O)(CC1CCC(=O)OC1=O)OPOC.COPO[P+](=O)CC(CCC(=O)OCc1oc(=O)oc1C)C(=O)OCc1oc(=O)oc1C.O. The summed E-state index contributed by atoms with van der Waals surface area (Å²) < 4.78 is 138. The molecule has 474 valence electrons. The van der Waals surface area contributed by atoms with Crippen LogP contribution in [0.4, 0.5) is 0 Å². The second-order valence-electron chi connectivity index (χ2n) is 15.3. The van der Waals surface area contributed by atoms with Crippen LogP contribution in [0.5, 0.6) is 0 Å². The number of aliphatic carboxylic acids is 1. The highest BCUT2D eigenvalue weighted by Crippen LogP contribution is 2.60. The Morgan fingerprint density at radius 2 is 1.02 bits per heavy atom. The minimum atomic E-state index is -3.83. The maximum atomic E-state index is 12.8. The number of carboxylic acid groups (broad SMARTS) is 1. The van der Waals surface area contributed by atoms with Gasteiger partial charge >= 0.3 is 76.5 Å². The molecule has 0 saturated carbocycles. The van der Waals surface area contributed by atoms with Gasteiger partial charge in [-0.1, -0.05) is 4.31 Å². The van der Waals surface area contributed by atoms with Gasteiger partial charge in [0.15, 0.2) is 96.7 Å². The van der Waals surface area contributed by atoms with E-state index in [9.17, 15) is 56.8 Å². The van der Waals surface area contributed by atoms with Gasteiger partial charge in [-0.15, -0.1) is 0 Å². The topological polar surface area (TPSA) is 474 Å². The molecular weight excluding hydrogens is 1310 g/mol. The number of rotatable bonds is 35. The third-order valence-corrected chi connectivity index (χ3v) is 19.5. The first-order chi connectivity index (χ1) is 38.8. The lowest BCUT2D eigenvalue weighted by atomic mass is 10.0. The molecule has 1 saturated heterocycles. The van der Waals surface area contributed by atoms with E-state index < -0.39 is 152 Å². The van der Waals surface area contributed by atoms with Crippen LogP contribution in [0.2, 0.25) is 0 Å². The summed E-state index contributed by atoms with van der Waals surface area (Å²) in [6, 6.07) is 0. The predicted molar refractivity (Wildman–Crippen MR) is 292 cm³/mol. The maximum absolute atomic E-state index is 12.8. The van der Waals surface area contributed by atoms with Gasteiger partial charge in [-0.05, 0) is 54.1 Å². The number of hydrogen-bond donors (Lipinski definition) is 1. The number of carbonyl (C=O) groups excluding carboxylic acids is 5. The average molecular weight is 1370 g/mol. The Labute approximate surface area is 483 Å². The standard InChI is InChI=1S/C17H21O13P2.C13H21O12P3.C8H15O8P3.CH5OP.H2O/c1-9-12(28-16(20)26-9)6-24-14(18)5-4-11(8-32(22)30-31-23-3)15(19)25-7-13-10(2)27-17(21)29-13;1-8-10(23-13(17)22-8)6-21-12(16)9(4-5-11(14)15)7-28(18,24-26-19-2)25-27-20-3;1-12-17-15-19(11,16-18-13-2)5-6-3-4-7(9)14-8(6)10;1-2-3;/h11,31H,4-8H2,1-3H3;9,26-27H,4-7H2,1-3H3,(H,14,15);6,17-18H,3-5H2,1-2H3;3H2,1H3;1H2/q+1;;;;. The first kappa shape index (κ1) is 79.7. The lowest BCUT2D eigenvalue weighted by Gasteiger charge is -2.23. The summed E-state index contributed by atoms with van der Waals surface area (Å²) in [5.41, 5.74) is 0. The molecular formula is C39H64O35P9+. The molecule has 3 N–H and O–H groups in total. The van der Waals surface area contributed by atoms with Crippen LogP contribution in [-0.2, 0) is 130 Å². The minimum Gasteiger partial charge on any atom is -0.481 e. The molecule has 35 nitrogen and oxygen atoms in total. The summed E-state index contributed by atoms with van der Waals surface area (Å²) in [5, 5.41) is 8.89. The minimum absolute atomic E-state index is 0. The lowest BCUT2D eigenvalue weighted by Crippen LogP contribution is -2.30. The van der Waals surface area contributed by atoms with Crippen LogP contribution >= 0.6 is 77.9 Å². The largest absolute Gasteiger partial charge is 0.519 e. The predicted octanol–water partition coefficient (Wildman–Crippen LogP) is 6.69. The fourth-order valence-corrected chi connectivity index (χ4v) is 14.2. The van der Waals surface area contributed by atoms with Crippen molar-refractivity contribution in [3.63, 3.8) is 0 Å². The van der Waals surface area contributed by atoms with Crippen LogP contribution in [0.3, 0.4) is 0 Å². The number of carboxylic acids is 1. The van der Waals surface area contributed by atoms with E-state index in [1.165, 1.54) is 56.3 Å². The zero-order chi connectivity index (χ0) is 61.8. The van der Waals surface area contributed by atoms with Crippen molar-refractivity contribution in [2.24, 2.45) is 17.8 Å². The Bertz CT molecular complexity index is 2700. The maximum Gasteiger partial charge on any atom is 0.519 e. The summed E-state index contributed by atoms with van der Waals surface area (Å²) in [5.74, 6) is -9.80. The molecule has 83 heavy (non-hydrogen) atoms. The summed E-state index contributed by atoms with van der Waals surface area (Å²) in [6.45, 7) is 3.27. The molecule has 4 heterocycles. The molecule has 0 bridgehead atoms. The number of aryl methyl sites for hydroxylation is 3. The van der Waals surface area contributed by atoms with E-state index in [2.05, 4.69) is 32.0 Å². The van der Waals surface area contributed by atoms with E-state index in [0.717, 1.165) is 0 Å². The van der Waals surface area contributed by atoms with Gasteiger partial charge in [0.1, 0.15) is 5.92 Å². The number of esters is 5. The van der Waals surface area contributed by atoms with Gasteiger partial charge in [0.25, 0.3) is 0 Å². The van der Waals surface area contributed by atoms with Gasteiger partial charge in [0.2, 0.25) is 9.03 Å². The van der Waals surface area contributed by atoms with Crippen molar-refractivity contribution >= 4 is 114 Å². The van der Waals surface area contributed by atoms with Crippen molar-refractivity contribution in [3.8, 4) is 0 Å². The molecule has 3 aromatic rings. The van der Waals surface area contributed by atoms with Gasteiger partial charge < -0.3 is 83.2 Å². The Morgan fingerprint density at radius 1 is 0.627 bits per heavy atom. The number of cyclic esters (lactones) is 2. The monoisotopic (exact) mass is 1370 g/mol. The van der Waals surface area contributed by atoms with Crippen LogP contribution in [-0.4, -0.2) is 108 Å². The molecule has 0 radical (unpaired) electrons. The normalized spacial score (nSPS) is 15.8. The molecule has 3 aromatic heterocycles. The van der Waals surface area contributed by atoms with Crippen molar-refractivity contribution in [1.29, 1.82) is 0 Å². The van der Waals surface area contributed by atoms with E-state index in [1.54, 1.807) is 7.11 Å². The summed E-state index contributed by atoms with van der Waals surface area (Å²) in [6.07, 6.45) is -1.31. The third kappa shape index (κ3) is 34.0. The van der Waals surface area contributed by atoms with E-state index in [0.29, 0.717) is 0 Å². The molecule has 44 heteroatoms. The average Bonchev–Trinajstić information content (AvgIpc) is 4.23. The summed E-state index contributed by atoms with van der Waals surface area (Å²) in [4.78, 5) is 103. The highest BCUT2D eigenvalue weighted by molar-refractivity contribution is 7.64. The highest BCUT2D eigenvalue weighted by atomic mass is 31.3. The van der Waals surface area contributed by atoms with Crippen molar-refractivity contribution < 1.29 is 147 Å². The van der Waals surface area contributed by atoms with Crippen molar-refractivity contribution in [3.05, 3.63) is 66.4 Å². The van der Waals surface area contributed by atoms with Crippen molar-refractivity contribution in [2.45, 2.75) is 79.1 Å². The van der Waals surface area contributed by atoms with Crippen molar-refractivity contribution in [2.75, 3.05) is 61.1 Å². The van der Waals surface area contributed by atoms with Crippen LogP contribution < -0.4 is 17.5 Å². The van der Waals surface area contributed by atoms with Gasteiger partial charge in [0.05, 0.1) is 24.2 Å². The molecule has 0 amide bonds. The fraction of sp³-hybridized carbons (Fsp3) is 0.615. The Kier molecular flexibility index (Phi) is 42.4. The molecule has 10 unspecified atom stereocenters. The zero-order valence-electron chi connectivity index (χ0n) is 45.6. The zero-order valence-corrected chi connectivity index (χ0v) is 54.4. The number of ether oxygens (including phenoxy) is 4. The molecule has 1 aliphatic heterocycles. The molecule has 1 aliphatic rings. The van der Waals surface area contributed by atoms with Gasteiger partial charge in [-0.25, -0.2) is 14.4 Å². The number of carbonyl (C=O) groups is 6. The second kappa shape index (κ2) is 44.2. The quantitative estimate of drug-likeness (QED) is 0.0277. The lowest BCUT2D eigenvalue weighted by molar-refractivity contribution is -0.167. The summed E-state index contributed by atoms with van der Waals surface area (Å²) in [7, 11) is -1.87. The van der Waals surface area contributed by atoms with Crippen LogP contribution in [0, 0.1) is 38.5 Å². The Morgan fingerprint density at radius 3 is 1.41 bits per heavy atom. The first-order valence-corrected chi connectivity index (χ1v) is 32.1. The third-order valence-electron chi connectivity index (χ3n) is 9.40. The number of hydrogen-bond acceptors (Lipinski definition) is 33. The van der Waals surface area contributed by atoms with E-state index >= 15 is 0 Å². The van der Waals surface area contributed by atoms with Crippen LogP contribution in [0.25, 0.3) is 0 Å². The summed E-state index contributed by atoms with van der Waals surface area (Å²) >= 11 is 0. The molecule has 0 spiro atoms. The molecule has 4 rings (SSSR count). The highest BCUT2D eigenvalue weighted by Gasteiger charge is 2.39. The molecule has 0 aliphatic carbocycles. The van der Waals surface area contributed by atoms with Crippen LogP contribution in [0.15, 0.2) is 40.9 Å². The fourth-order valence-electron chi connectivity index (χ4n) is 5.62. The smallest absolute Gasteiger partial charge is 0.481 e. The van der Waals surface area contributed by atoms with E-state index in [1.807, 2.05) is 0 Å². The van der Waals surface area contributed by atoms with E-state index in [-0.39, 0.29) is 104 Å².